The molecule has 0 bridgehead atoms. The Morgan fingerprint density at radius 3 is 2.57 bits per heavy atom. The number of halogens is 2. The van der Waals surface area contributed by atoms with Crippen LogP contribution < -0.4 is 15.4 Å². The number of anilines is 2. The number of nitrogens with one attached hydrogen (secondary N) is 3. The van der Waals surface area contributed by atoms with E-state index in [-0.39, 0.29) is 11.6 Å². The Kier molecular flexibility index (Phi) is 5.30. The third kappa shape index (κ3) is 3.80. The SMILES string of the molecule is CNC(O)c1ccc(Nc2ncnc(Oc3ccc4[nH]c(C)cc4c3F)c2F)cc1. The maximum Gasteiger partial charge on any atom is 0.261 e. The summed E-state index contributed by atoms with van der Waals surface area (Å²) in [6, 6.07) is 11.4. The van der Waals surface area contributed by atoms with E-state index in [1.165, 1.54) is 6.07 Å². The number of aromatic amines is 1. The van der Waals surface area contributed by atoms with Crippen molar-refractivity contribution in [2.45, 2.75) is 13.2 Å². The Morgan fingerprint density at radius 1 is 1.07 bits per heavy atom. The van der Waals surface area contributed by atoms with Crippen LogP contribution >= 0.6 is 0 Å². The van der Waals surface area contributed by atoms with Crippen molar-refractivity contribution in [3.8, 4) is 11.6 Å². The smallest absolute Gasteiger partial charge is 0.261 e. The molecule has 0 fully saturated rings. The molecule has 0 aliphatic carbocycles. The predicted molar refractivity (Wildman–Crippen MR) is 109 cm³/mol. The molecular weight excluding hydrogens is 392 g/mol. The van der Waals surface area contributed by atoms with Crippen molar-refractivity contribution in [3.05, 3.63) is 71.7 Å². The van der Waals surface area contributed by atoms with E-state index in [4.69, 9.17) is 4.74 Å². The molecule has 0 amide bonds. The first-order valence-corrected chi connectivity index (χ1v) is 9.14. The number of aliphatic hydroxyl groups excluding tert-OH is 1. The van der Waals surface area contributed by atoms with E-state index >= 15 is 0 Å². The molecule has 4 rings (SSSR count). The molecule has 1 unspecified atom stereocenters. The number of aromatic nitrogens is 3. The van der Waals surface area contributed by atoms with Crippen molar-refractivity contribution in [2.75, 3.05) is 12.4 Å². The Bertz CT molecular complexity index is 1190. The number of hydrogen-bond acceptors (Lipinski definition) is 6. The zero-order valence-corrected chi connectivity index (χ0v) is 16.2. The van der Waals surface area contributed by atoms with E-state index in [1.54, 1.807) is 43.4 Å². The largest absolute Gasteiger partial charge is 0.433 e. The van der Waals surface area contributed by atoms with Crippen LogP contribution in [-0.2, 0) is 0 Å². The Balaban J connectivity index is 1.58. The summed E-state index contributed by atoms with van der Waals surface area (Å²) in [5, 5.41) is 15.6. The van der Waals surface area contributed by atoms with Gasteiger partial charge in [-0.25, -0.2) is 9.37 Å². The second-order valence-electron chi connectivity index (χ2n) is 6.67. The number of aliphatic hydroxyl groups is 1. The molecule has 30 heavy (non-hydrogen) atoms. The number of ether oxygens (including phenoxy) is 1. The first kappa shape index (κ1) is 19.7. The van der Waals surface area contributed by atoms with Gasteiger partial charge in [0.25, 0.3) is 5.88 Å². The number of hydrogen-bond donors (Lipinski definition) is 4. The van der Waals surface area contributed by atoms with Gasteiger partial charge in [-0.15, -0.1) is 0 Å². The van der Waals surface area contributed by atoms with Gasteiger partial charge in [-0.3, -0.25) is 5.32 Å². The molecule has 154 valence electrons. The van der Waals surface area contributed by atoms with E-state index in [2.05, 4.69) is 25.6 Å². The van der Waals surface area contributed by atoms with Crippen LogP contribution in [0.5, 0.6) is 11.6 Å². The standard InChI is InChI=1S/C21H19F2N5O2/c1-11-9-14-15(27-11)7-8-16(17(14)22)30-21-18(23)19(25-10-26-21)28-13-5-3-12(4-6-13)20(29)24-2/h3-10,20,24,27,29H,1-2H3,(H,25,26,28). The molecular formula is C21H19F2N5O2. The molecule has 0 saturated carbocycles. The highest BCUT2D eigenvalue weighted by molar-refractivity contribution is 5.82. The summed E-state index contributed by atoms with van der Waals surface area (Å²) in [5.74, 6) is -2.14. The molecule has 0 aliphatic heterocycles. The first-order chi connectivity index (χ1) is 14.5. The van der Waals surface area contributed by atoms with Gasteiger partial charge in [-0.1, -0.05) is 12.1 Å². The van der Waals surface area contributed by atoms with Crippen molar-refractivity contribution in [1.82, 2.24) is 20.3 Å². The number of aryl methyl sites for hydroxylation is 1. The summed E-state index contributed by atoms with van der Waals surface area (Å²) in [6.45, 7) is 1.81. The number of fused-ring (bicyclic) bond motifs is 1. The van der Waals surface area contributed by atoms with Crippen LogP contribution in [0.3, 0.4) is 0 Å². The van der Waals surface area contributed by atoms with Crippen molar-refractivity contribution >= 4 is 22.4 Å². The van der Waals surface area contributed by atoms with Gasteiger partial charge >= 0.3 is 0 Å². The van der Waals surface area contributed by atoms with Gasteiger partial charge in [-0.05, 0) is 49.9 Å². The average molecular weight is 411 g/mol. The molecule has 2 aromatic heterocycles. The fourth-order valence-electron chi connectivity index (χ4n) is 3.04. The van der Waals surface area contributed by atoms with Crippen molar-refractivity contribution < 1.29 is 18.6 Å². The molecule has 0 spiro atoms. The number of benzene rings is 2. The molecule has 4 N–H and O–H groups in total. The number of H-pyrrole nitrogens is 1. The molecule has 1 atom stereocenters. The second-order valence-corrected chi connectivity index (χ2v) is 6.67. The van der Waals surface area contributed by atoms with Crippen molar-refractivity contribution in [3.63, 3.8) is 0 Å². The van der Waals surface area contributed by atoms with Crippen LogP contribution in [0.4, 0.5) is 20.3 Å². The van der Waals surface area contributed by atoms with E-state index in [0.717, 1.165) is 12.0 Å². The van der Waals surface area contributed by atoms with Gasteiger partial charge in [0.15, 0.2) is 17.4 Å². The van der Waals surface area contributed by atoms with E-state index in [1.807, 2.05) is 6.92 Å². The Morgan fingerprint density at radius 2 is 1.83 bits per heavy atom. The molecule has 9 heteroatoms. The van der Waals surface area contributed by atoms with E-state index < -0.39 is 23.7 Å². The van der Waals surface area contributed by atoms with Crippen LogP contribution in [0, 0.1) is 18.6 Å². The Labute approximate surface area is 170 Å². The van der Waals surface area contributed by atoms with Gasteiger partial charge in [-0.2, -0.15) is 9.37 Å². The minimum absolute atomic E-state index is 0.124. The van der Waals surface area contributed by atoms with Gasteiger partial charge in [0.2, 0.25) is 5.82 Å². The lowest BCUT2D eigenvalue weighted by Crippen LogP contribution is -2.14. The van der Waals surface area contributed by atoms with Crippen LogP contribution in [0.15, 0.2) is 48.8 Å². The lowest BCUT2D eigenvalue weighted by atomic mass is 10.2. The lowest BCUT2D eigenvalue weighted by Gasteiger charge is -2.12. The van der Waals surface area contributed by atoms with Gasteiger partial charge in [0.1, 0.15) is 12.6 Å². The van der Waals surface area contributed by atoms with Crippen molar-refractivity contribution in [1.29, 1.82) is 0 Å². The summed E-state index contributed by atoms with van der Waals surface area (Å²) in [4.78, 5) is 10.7. The summed E-state index contributed by atoms with van der Waals surface area (Å²) in [7, 11) is 1.63. The maximum atomic E-state index is 14.9. The highest BCUT2D eigenvalue weighted by Crippen LogP contribution is 2.32. The number of nitrogens with zero attached hydrogens (tertiary/aromatic N) is 2. The van der Waals surface area contributed by atoms with E-state index in [0.29, 0.717) is 22.2 Å². The number of rotatable bonds is 6. The quantitative estimate of drug-likeness (QED) is 0.354. The second kappa shape index (κ2) is 8.05. The summed E-state index contributed by atoms with van der Waals surface area (Å²) >= 11 is 0. The fraction of sp³-hybridized carbons (Fsp3) is 0.143. The average Bonchev–Trinajstić information content (AvgIpc) is 3.14. The van der Waals surface area contributed by atoms with Crippen molar-refractivity contribution in [2.24, 2.45) is 0 Å². The third-order valence-corrected chi connectivity index (χ3v) is 4.56. The zero-order valence-electron chi connectivity index (χ0n) is 16.2. The van der Waals surface area contributed by atoms with Crippen LogP contribution in [0.2, 0.25) is 0 Å². The monoisotopic (exact) mass is 411 g/mol. The van der Waals surface area contributed by atoms with E-state index in [9.17, 15) is 13.9 Å². The topological polar surface area (TPSA) is 95.1 Å². The molecule has 7 nitrogen and oxygen atoms in total. The van der Waals surface area contributed by atoms with Crippen LogP contribution in [0.25, 0.3) is 10.9 Å². The molecule has 0 aliphatic rings. The summed E-state index contributed by atoms with van der Waals surface area (Å²) in [5.41, 5.74) is 2.62. The minimum atomic E-state index is -0.860. The Hall–Kier alpha value is -3.56. The summed E-state index contributed by atoms with van der Waals surface area (Å²) in [6.07, 6.45) is 0.322. The van der Waals surface area contributed by atoms with Gasteiger partial charge < -0.3 is 20.1 Å². The molecule has 0 radical (unpaired) electrons. The molecule has 4 aromatic rings. The highest BCUT2D eigenvalue weighted by Gasteiger charge is 2.17. The maximum absolute atomic E-state index is 14.9. The normalized spacial score (nSPS) is 12.2. The molecule has 2 aromatic carbocycles. The molecule has 2 heterocycles. The zero-order chi connectivity index (χ0) is 21.3. The highest BCUT2D eigenvalue weighted by atomic mass is 19.1. The van der Waals surface area contributed by atoms with Crippen LogP contribution in [-0.4, -0.2) is 27.1 Å². The molecule has 0 saturated heterocycles. The lowest BCUT2D eigenvalue weighted by molar-refractivity contribution is 0.149. The van der Waals surface area contributed by atoms with Gasteiger partial charge in [0.05, 0.1) is 0 Å². The predicted octanol–water partition coefficient (Wildman–Crippen LogP) is 4.29. The fourth-order valence-corrected chi connectivity index (χ4v) is 3.04. The van der Waals surface area contributed by atoms with Gasteiger partial charge in [0, 0.05) is 22.3 Å². The minimum Gasteiger partial charge on any atom is -0.433 e. The third-order valence-electron chi connectivity index (χ3n) is 4.56. The summed E-state index contributed by atoms with van der Waals surface area (Å²) < 4.78 is 35.0. The van der Waals surface area contributed by atoms with Crippen LogP contribution in [0.1, 0.15) is 17.5 Å². The first-order valence-electron chi connectivity index (χ1n) is 9.14.